The van der Waals surface area contributed by atoms with E-state index in [1.807, 2.05) is 19.9 Å². The molecule has 0 amide bonds. The maximum absolute atomic E-state index is 14.5. The molecule has 2 nitrogen and oxygen atoms in total. The first-order chi connectivity index (χ1) is 14.7. The highest BCUT2D eigenvalue weighted by molar-refractivity contribution is 6.33. The third-order valence-corrected chi connectivity index (χ3v) is 5.73. The van der Waals surface area contributed by atoms with Crippen LogP contribution in [0.2, 0.25) is 10.0 Å². The molecule has 0 radical (unpaired) electrons. The molecule has 0 saturated carbocycles. The van der Waals surface area contributed by atoms with Crippen molar-refractivity contribution in [2.24, 2.45) is 0 Å². The van der Waals surface area contributed by atoms with E-state index in [9.17, 15) is 9.65 Å². The highest BCUT2D eigenvalue weighted by atomic mass is 35.5. The zero-order valence-corrected chi connectivity index (χ0v) is 19.3. The Balaban J connectivity index is 1.95. The lowest BCUT2D eigenvalue weighted by atomic mass is 9.91. The maximum atomic E-state index is 14.5. The summed E-state index contributed by atoms with van der Waals surface area (Å²) in [6.45, 7) is 7.84. The smallest absolute Gasteiger partial charge is 0.131 e. The van der Waals surface area contributed by atoms with Crippen LogP contribution in [0.1, 0.15) is 29.5 Å². The third-order valence-electron chi connectivity index (χ3n) is 4.93. The lowest BCUT2D eigenvalue weighted by Crippen LogP contribution is -2.17. The first kappa shape index (κ1) is 23.2. The van der Waals surface area contributed by atoms with E-state index < -0.39 is 0 Å². The van der Waals surface area contributed by atoms with Crippen molar-refractivity contribution in [1.82, 2.24) is 0 Å². The third kappa shape index (κ3) is 5.40. The van der Waals surface area contributed by atoms with Crippen molar-refractivity contribution in [3.8, 4) is 17.2 Å². The highest BCUT2D eigenvalue weighted by Crippen LogP contribution is 2.36. The van der Waals surface area contributed by atoms with E-state index in [-0.39, 0.29) is 17.1 Å². The molecular weight excluding hydrogens is 454 g/mol. The van der Waals surface area contributed by atoms with E-state index in [1.54, 1.807) is 42.5 Å². The molecule has 0 aliphatic rings. The van der Waals surface area contributed by atoms with Gasteiger partial charge in [0.2, 0.25) is 0 Å². The zero-order valence-electron chi connectivity index (χ0n) is 17.0. The minimum absolute atomic E-state index is 0.317. The molecule has 0 spiro atoms. The molecule has 2 unspecified atom stereocenters. The van der Waals surface area contributed by atoms with Crippen molar-refractivity contribution >= 4 is 40.5 Å². The summed E-state index contributed by atoms with van der Waals surface area (Å²) in [5, 5.41) is 13.1. The summed E-state index contributed by atoms with van der Waals surface area (Å²) in [5.74, 6) is -0.657. The Morgan fingerprint density at radius 3 is 2.45 bits per heavy atom. The molecule has 0 aliphatic carbocycles. The first-order valence-electron chi connectivity index (χ1n) is 9.56. The van der Waals surface area contributed by atoms with Gasteiger partial charge in [0.1, 0.15) is 5.82 Å². The second kappa shape index (κ2) is 9.75. The molecule has 0 heterocycles. The van der Waals surface area contributed by atoms with Gasteiger partial charge in [0.05, 0.1) is 11.6 Å². The molecule has 3 aromatic rings. The summed E-state index contributed by atoms with van der Waals surface area (Å²) in [5.41, 5.74) is 4.35. The van der Waals surface area contributed by atoms with Crippen LogP contribution in [0.15, 0.2) is 66.9 Å². The van der Waals surface area contributed by atoms with E-state index in [2.05, 4.69) is 18.0 Å². The predicted molar refractivity (Wildman–Crippen MR) is 129 cm³/mol. The van der Waals surface area contributed by atoms with E-state index in [4.69, 9.17) is 34.8 Å². The van der Waals surface area contributed by atoms with Crippen molar-refractivity contribution in [2.45, 2.75) is 25.1 Å². The SMILES string of the molecule is C=C(Nc1ccc(Cl)c(-c2ccc(C)cc2F)c1)C(c1cc(Cl)cc(C#N)c1)C(C)Cl. The summed E-state index contributed by atoms with van der Waals surface area (Å²) < 4.78 is 14.5. The molecular formula is C25H20Cl3FN2. The summed E-state index contributed by atoms with van der Waals surface area (Å²) in [4.78, 5) is 0. The Morgan fingerprint density at radius 2 is 1.81 bits per heavy atom. The average Bonchev–Trinajstić information content (AvgIpc) is 2.69. The van der Waals surface area contributed by atoms with Gasteiger partial charge in [-0.2, -0.15) is 5.26 Å². The normalized spacial score (nSPS) is 12.7. The number of nitriles is 1. The van der Waals surface area contributed by atoms with Gasteiger partial charge < -0.3 is 5.32 Å². The number of anilines is 1. The van der Waals surface area contributed by atoms with Crippen molar-refractivity contribution < 1.29 is 4.39 Å². The second-order valence-electron chi connectivity index (χ2n) is 7.37. The van der Waals surface area contributed by atoms with Gasteiger partial charge in [-0.25, -0.2) is 4.39 Å². The number of halogens is 4. The summed E-state index contributed by atoms with van der Waals surface area (Å²) in [6.07, 6.45) is 0. The lowest BCUT2D eigenvalue weighted by molar-refractivity contribution is 0.630. The summed E-state index contributed by atoms with van der Waals surface area (Å²) in [6, 6.07) is 17.5. The number of aryl methyl sites for hydroxylation is 1. The molecule has 0 saturated heterocycles. The zero-order chi connectivity index (χ0) is 22.7. The van der Waals surface area contributed by atoms with Crippen LogP contribution >= 0.6 is 34.8 Å². The molecule has 0 aromatic heterocycles. The molecule has 0 aliphatic heterocycles. The van der Waals surface area contributed by atoms with Gasteiger partial charge in [0, 0.05) is 43.9 Å². The maximum Gasteiger partial charge on any atom is 0.131 e. The fourth-order valence-electron chi connectivity index (χ4n) is 3.51. The van der Waals surface area contributed by atoms with Crippen LogP contribution in [0.25, 0.3) is 11.1 Å². The molecule has 31 heavy (non-hydrogen) atoms. The number of hydrogen-bond acceptors (Lipinski definition) is 2. The van der Waals surface area contributed by atoms with E-state index in [0.717, 1.165) is 11.1 Å². The van der Waals surface area contributed by atoms with Gasteiger partial charge in [-0.3, -0.25) is 0 Å². The monoisotopic (exact) mass is 472 g/mol. The van der Waals surface area contributed by atoms with Crippen molar-refractivity contribution in [2.75, 3.05) is 5.32 Å². The number of rotatable bonds is 6. The number of nitrogens with one attached hydrogen (secondary N) is 1. The van der Waals surface area contributed by atoms with Gasteiger partial charge in [-0.1, -0.05) is 41.9 Å². The van der Waals surface area contributed by atoms with Crippen LogP contribution in [0.5, 0.6) is 0 Å². The van der Waals surface area contributed by atoms with Crippen LogP contribution in [-0.4, -0.2) is 5.38 Å². The van der Waals surface area contributed by atoms with Crippen molar-refractivity contribution in [3.63, 3.8) is 0 Å². The number of allylic oxidation sites excluding steroid dienone is 1. The Morgan fingerprint density at radius 1 is 1.06 bits per heavy atom. The van der Waals surface area contributed by atoms with E-state index >= 15 is 0 Å². The molecule has 0 fully saturated rings. The largest absolute Gasteiger partial charge is 0.359 e. The first-order valence-corrected chi connectivity index (χ1v) is 10.8. The van der Waals surface area contributed by atoms with Crippen LogP contribution in [0, 0.1) is 24.1 Å². The van der Waals surface area contributed by atoms with E-state index in [0.29, 0.717) is 38.1 Å². The van der Waals surface area contributed by atoms with Crippen LogP contribution in [0.3, 0.4) is 0 Å². The number of nitrogens with zero attached hydrogens (tertiary/aromatic N) is 1. The van der Waals surface area contributed by atoms with Crippen molar-refractivity contribution in [3.05, 3.63) is 99.4 Å². The second-order valence-corrected chi connectivity index (χ2v) is 8.90. The minimum Gasteiger partial charge on any atom is -0.359 e. The number of benzene rings is 3. The Hall–Kier alpha value is -2.51. The number of hydrogen-bond donors (Lipinski definition) is 1. The predicted octanol–water partition coefficient (Wildman–Crippen LogP) is 8.32. The van der Waals surface area contributed by atoms with Gasteiger partial charge >= 0.3 is 0 Å². The van der Waals surface area contributed by atoms with Gasteiger partial charge in [-0.15, -0.1) is 11.6 Å². The standard InChI is InChI=1S/C25H20Cl3FN2/c1-14-4-6-21(24(29)8-14)22-12-20(5-7-23(22)28)31-16(3)25(15(2)26)18-9-17(13-30)10-19(27)11-18/h4-12,15,25,31H,3H2,1-2H3. The quantitative estimate of drug-likeness (QED) is 0.365. The van der Waals surface area contributed by atoms with Crippen LogP contribution in [-0.2, 0) is 0 Å². The van der Waals surface area contributed by atoms with Crippen LogP contribution in [0.4, 0.5) is 10.1 Å². The summed E-state index contributed by atoms with van der Waals surface area (Å²) >= 11 is 19.0. The Labute approximate surface area is 196 Å². The average molecular weight is 474 g/mol. The van der Waals surface area contributed by atoms with Crippen molar-refractivity contribution in [1.29, 1.82) is 5.26 Å². The molecule has 6 heteroatoms. The summed E-state index contributed by atoms with van der Waals surface area (Å²) in [7, 11) is 0. The molecule has 1 N–H and O–H groups in total. The van der Waals surface area contributed by atoms with Gasteiger partial charge in [0.15, 0.2) is 0 Å². The fourth-order valence-corrected chi connectivity index (χ4v) is 4.27. The van der Waals surface area contributed by atoms with Gasteiger partial charge in [-0.05, 0) is 67.4 Å². The van der Waals surface area contributed by atoms with E-state index in [1.165, 1.54) is 6.07 Å². The minimum atomic E-state index is -0.340. The topological polar surface area (TPSA) is 35.8 Å². The Kier molecular flexibility index (Phi) is 7.28. The molecule has 2 atom stereocenters. The lowest BCUT2D eigenvalue weighted by Gasteiger charge is -2.24. The highest BCUT2D eigenvalue weighted by Gasteiger charge is 2.22. The molecule has 158 valence electrons. The molecule has 3 aromatic carbocycles. The number of alkyl halides is 1. The molecule has 0 bridgehead atoms. The fraction of sp³-hybridized carbons (Fsp3) is 0.160. The van der Waals surface area contributed by atoms with Gasteiger partial charge in [0.25, 0.3) is 0 Å². The Bertz CT molecular complexity index is 1180. The van der Waals surface area contributed by atoms with Crippen LogP contribution < -0.4 is 5.32 Å². The molecule has 3 rings (SSSR count).